The molecule has 0 nitrogen and oxygen atoms in total. The maximum absolute atomic E-state index is 3.67. The fraction of sp³-hybridized carbons (Fsp3) is 0. The topological polar surface area (TPSA) is 0 Å². The number of rotatable bonds is 2. The third kappa shape index (κ3) is 3.16. The minimum atomic E-state index is 0.879. The van der Waals surface area contributed by atoms with E-state index in [0.717, 1.165) is 11.1 Å². The lowest BCUT2D eigenvalue weighted by atomic mass is 10.2. The van der Waals surface area contributed by atoms with Gasteiger partial charge < -0.3 is 0 Å². The molecule has 1 rings (SSSR count). The Morgan fingerprint density at radius 1 is 1.14 bits per heavy atom. The minimum Gasteiger partial charge on any atom is -0.0990 e. The number of benzene rings is 1. The normalized spacial score (nSPS) is 9.86. The molecule has 0 amide bonds. The lowest BCUT2D eigenvalue weighted by Crippen LogP contribution is -1.73. The van der Waals surface area contributed by atoms with Gasteiger partial charge in [-0.25, -0.2) is 0 Å². The van der Waals surface area contributed by atoms with E-state index in [9.17, 15) is 0 Å². The lowest BCUT2D eigenvalue weighted by molar-refractivity contribution is 1.64. The van der Waals surface area contributed by atoms with Crippen LogP contribution >= 0.6 is 0 Å². The zero-order chi connectivity index (χ0) is 10.2. The van der Waals surface area contributed by atoms with E-state index in [4.69, 9.17) is 0 Å². The van der Waals surface area contributed by atoms with Crippen LogP contribution in [0.5, 0.6) is 0 Å². The third-order valence-electron chi connectivity index (χ3n) is 1.64. The van der Waals surface area contributed by atoms with Gasteiger partial charge in [-0.2, -0.15) is 0 Å². The molecule has 0 fully saturated rings. The molecular formula is C14H12. The van der Waals surface area contributed by atoms with Crippen molar-refractivity contribution in [2.45, 2.75) is 0 Å². The first-order chi connectivity index (χ1) is 6.86. The summed E-state index contributed by atoms with van der Waals surface area (Å²) >= 11 is 0. The van der Waals surface area contributed by atoms with Crippen LogP contribution in [0.25, 0.3) is 0 Å². The summed E-state index contributed by atoms with van der Waals surface area (Å²) in [5.74, 6) is 6.05. The summed E-state index contributed by atoms with van der Waals surface area (Å²) < 4.78 is 0. The molecule has 0 unspecified atom stereocenters. The van der Waals surface area contributed by atoms with E-state index in [2.05, 4.69) is 25.0 Å². The van der Waals surface area contributed by atoms with Gasteiger partial charge in [-0.05, 0) is 18.2 Å². The van der Waals surface area contributed by atoms with Crippen molar-refractivity contribution >= 4 is 0 Å². The van der Waals surface area contributed by atoms with E-state index in [-0.39, 0.29) is 0 Å². The van der Waals surface area contributed by atoms with Gasteiger partial charge in [0.15, 0.2) is 0 Å². The maximum Gasteiger partial charge on any atom is 0.0249 e. The molecule has 14 heavy (non-hydrogen) atoms. The number of hydrogen-bond donors (Lipinski definition) is 0. The van der Waals surface area contributed by atoms with Gasteiger partial charge in [0.05, 0.1) is 0 Å². The van der Waals surface area contributed by atoms with E-state index in [1.165, 1.54) is 0 Å². The molecule has 0 aliphatic heterocycles. The van der Waals surface area contributed by atoms with Gasteiger partial charge in [0.2, 0.25) is 0 Å². The highest BCUT2D eigenvalue weighted by Crippen LogP contribution is 1.98. The van der Waals surface area contributed by atoms with Crippen molar-refractivity contribution in [1.82, 2.24) is 0 Å². The van der Waals surface area contributed by atoms with Crippen molar-refractivity contribution in [3.63, 3.8) is 0 Å². The van der Waals surface area contributed by atoms with Gasteiger partial charge in [0, 0.05) is 11.1 Å². The van der Waals surface area contributed by atoms with Crippen LogP contribution in [0, 0.1) is 11.8 Å². The van der Waals surface area contributed by atoms with Crippen molar-refractivity contribution in [2.75, 3.05) is 0 Å². The van der Waals surface area contributed by atoms with Crippen LogP contribution < -0.4 is 0 Å². The SMILES string of the molecule is C=CC=C(C#Cc1ccccc1)C=C. The highest BCUT2D eigenvalue weighted by Gasteiger charge is 1.83. The second-order valence-corrected chi connectivity index (χ2v) is 2.68. The Kier molecular flexibility index (Phi) is 4.04. The van der Waals surface area contributed by atoms with E-state index < -0.39 is 0 Å². The largest absolute Gasteiger partial charge is 0.0990 e. The smallest absolute Gasteiger partial charge is 0.0249 e. The Morgan fingerprint density at radius 3 is 2.43 bits per heavy atom. The molecule has 0 bridgehead atoms. The molecule has 0 heterocycles. The third-order valence-corrected chi connectivity index (χ3v) is 1.64. The fourth-order valence-electron chi connectivity index (χ4n) is 0.954. The highest BCUT2D eigenvalue weighted by molar-refractivity contribution is 5.45. The summed E-state index contributed by atoms with van der Waals surface area (Å²) in [6.45, 7) is 7.28. The number of allylic oxidation sites excluding steroid dienone is 4. The van der Waals surface area contributed by atoms with Crippen LogP contribution in [0.15, 0.2) is 67.3 Å². The van der Waals surface area contributed by atoms with Crippen LogP contribution in [-0.4, -0.2) is 0 Å². The zero-order valence-electron chi connectivity index (χ0n) is 8.03. The standard InChI is InChI=1S/C14H12/c1-3-8-13(4-2)11-12-14-9-6-5-7-10-14/h3-10H,1-2H2. The molecule has 0 aliphatic carbocycles. The molecule has 0 saturated carbocycles. The Morgan fingerprint density at radius 2 is 1.86 bits per heavy atom. The molecule has 1 aromatic carbocycles. The Labute approximate surface area is 85.3 Å². The lowest BCUT2D eigenvalue weighted by Gasteiger charge is -1.87. The van der Waals surface area contributed by atoms with Crippen LogP contribution in [0.1, 0.15) is 5.56 Å². The summed E-state index contributed by atoms with van der Waals surface area (Å²) in [5.41, 5.74) is 1.88. The summed E-state index contributed by atoms with van der Waals surface area (Å²) in [5, 5.41) is 0. The van der Waals surface area contributed by atoms with Gasteiger partial charge >= 0.3 is 0 Å². The monoisotopic (exact) mass is 180 g/mol. The summed E-state index contributed by atoms with van der Waals surface area (Å²) in [6.07, 6.45) is 5.26. The van der Waals surface area contributed by atoms with Crippen LogP contribution in [0.4, 0.5) is 0 Å². The van der Waals surface area contributed by atoms with E-state index in [0.29, 0.717) is 0 Å². The summed E-state index contributed by atoms with van der Waals surface area (Å²) in [4.78, 5) is 0. The van der Waals surface area contributed by atoms with Gasteiger partial charge in [-0.1, -0.05) is 55.3 Å². The molecule has 0 spiro atoms. The first-order valence-corrected chi connectivity index (χ1v) is 4.39. The molecule has 0 radical (unpaired) electrons. The summed E-state index contributed by atoms with van der Waals surface area (Å²) in [6, 6.07) is 9.85. The maximum atomic E-state index is 3.67. The van der Waals surface area contributed by atoms with E-state index in [1.807, 2.05) is 36.4 Å². The quantitative estimate of drug-likeness (QED) is 0.483. The molecular weight excluding hydrogens is 168 g/mol. The van der Waals surface area contributed by atoms with Gasteiger partial charge in [0.1, 0.15) is 0 Å². The molecule has 0 atom stereocenters. The van der Waals surface area contributed by atoms with E-state index >= 15 is 0 Å². The van der Waals surface area contributed by atoms with Crippen molar-refractivity contribution in [3.8, 4) is 11.8 Å². The van der Waals surface area contributed by atoms with Crippen molar-refractivity contribution in [2.24, 2.45) is 0 Å². The zero-order valence-corrected chi connectivity index (χ0v) is 8.03. The van der Waals surface area contributed by atoms with Crippen molar-refractivity contribution in [1.29, 1.82) is 0 Å². The molecule has 0 aromatic heterocycles. The predicted molar refractivity (Wildman–Crippen MR) is 61.8 cm³/mol. The first-order valence-electron chi connectivity index (χ1n) is 4.39. The Balaban J connectivity index is 2.87. The molecule has 0 saturated heterocycles. The first kappa shape index (κ1) is 10.1. The Bertz CT molecular complexity index is 397. The van der Waals surface area contributed by atoms with Crippen LogP contribution in [-0.2, 0) is 0 Å². The average Bonchev–Trinajstić information content (AvgIpc) is 2.25. The van der Waals surface area contributed by atoms with E-state index in [1.54, 1.807) is 12.2 Å². The second-order valence-electron chi connectivity index (χ2n) is 2.68. The Hall–Kier alpha value is -2.00. The average molecular weight is 180 g/mol. The number of hydrogen-bond acceptors (Lipinski definition) is 0. The molecule has 1 aromatic rings. The summed E-state index contributed by atoms with van der Waals surface area (Å²) in [7, 11) is 0. The molecule has 0 heteroatoms. The highest BCUT2D eigenvalue weighted by atomic mass is 13.9. The van der Waals surface area contributed by atoms with Gasteiger partial charge in [0.25, 0.3) is 0 Å². The molecule has 0 aliphatic rings. The molecule has 0 N–H and O–H groups in total. The fourth-order valence-corrected chi connectivity index (χ4v) is 0.954. The van der Waals surface area contributed by atoms with Crippen molar-refractivity contribution in [3.05, 3.63) is 72.9 Å². The van der Waals surface area contributed by atoms with Crippen molar-refractivity contribution < 1.29 is 0 Å². The van der Waals surface area contributed by atoms with Gasteiger partial charge in [-0.15, -0.1) is 0 Å². The molecule has 68 valence electrons. The predicted octanol–water partition coefficient (Wildman–Crippen LogP) is 3.34. The van der Waals surface area contributed by atoms with Crippen LogP contribution in [0.2, 0.25) is 0 Å². The van der Waals surface area contributed by atoms with Gasteiger partial charge in [-0.3, -0.25) is 0 Å². The minimum absolute atomic E-state index is 0.879. The van der Waals surface area contributed by atoms with Crippen LogP contribution in [0.3, 0.4) is 0 Å². The second kappa shape index (κ2) is 5.61.